The van der Waals surface area contributed by atoms with E-state index in [4.69, 9.17) is 15.6 Å². The molecule has 0 aliphatic heterocycles. The highest BCUT2D eigenvalue weighted by atomic mass is 16.5. The number of unbranched alkanes of at least 4 members (excludes halogenated alkanes) is 1. The van der Waals surface area contributed by atoms with Gasteiger partial charge in [-0.25, -0.2) is 4.79 Å². The van der Waals surface area contributed by atoms with Crippen molar-refractivity contribution in [2.75, 3.05) is 6.61 Å². The minimum atomic E-state index is -1.05. The Kier molecular flexibility index (Phi) is 6.22. The molecule has 0 atom stereocenters. The molecule has 1 heterocycles. The van der Waals surface area contributed by atoms with Gasteiger partial charge in [0.2, 0.25) is 5.91 Å². The molecule has 3 aromatic rings. The summed E-state index contributed by atoms with van der Waals surface area (Å²) >= 11 is 0. The number of rotatable bonds is 9. The zero-order valence-electron chi connectivity index (χ0n) is 16.8. The molecule has 0 aliphatic carbocycles. The predicted octanol–water partition coefficient (Wildman–Crippen LogP) is 4.28. The van der Waals surface area contributed by atoms with Crippen LogP contribution in [0.1, 0.15) is 42.6 Å². The first-order valence-electron chi connectivity index (χ1n) is 9.81. The van der Waals surface area contributed by atoms with E-state index in [2.05, 4.69) is 11.5 Å². The SMILES string of the molecule is C/C=C/Cn1c2cccc(C(N)=O)c2c2c(OCC(=O)O)ccc(CCCC)c21. The number of carbonyl (C=O) groups excluding carboxylic acids is 1. The molecule has 0 saturated carbocycles. The topological polar surface area (TPSA) is 94.5 Å². The number of aliphatic carboxylic acids is 1. The van der Waals surface area contributed by atoms with Gasteiger partial charge in [0.15, 0.2) is 6.61 Å². The summed E-state index contributed by atoms with van der Waals surface area (Å²) in [6.07, 6.45) is 6.99. The summed E-state index contributed by atoms with van der Waals surface area (Å²) in [6, 6.07) is 9.26. The van der Waals surface area contributed by atoms with E-state index >= 15 is 0 Å². The van der Waals surface area contributed by atoms with Crippen LogP contribution in [0, 0.1) is 0 Å². The number of nitrogens with zero attached hydrogens (tertiary/aromatic N) is 1. The van der Waals surface area contributed by atoms with Gasteiger partial charge in [0.05, 0.1) is 16.4 Å². The zero-order valence-corrected chi connectivity index (χ0v) is 16.8. The lowest BCUT2D eigenvalue weighted by Crippen LogP contribution is -2.11. The molecule has 0 bridgehead atoms. The van der Waals surface area contributed by atoms with Crippen LogP contribution in [-0.2, 0) is 17.8 Å². The van der Waals surface area contributed by atoms with Gasteiger partial charge in [0.25, 0.3) is 0 Å². The van der Waals surface area contributed by atoms with Crippen molar-refractivity contribution in [1.29, 1.82) is 0 Å². The number of hydrogen-bond acceptors (Lipinski definition) is 3. The summed E-state index contributed by atoms with van der Waals surface area (Å²) in [5.41, 5.74) is 9.05. The van der Waals surface area contributed by atoms with Crippen LogP contribution in [0.25, 0.3) is 21.8 Å². The lowest BCUT2D eigenvalue weighted by atomic mass is 10.0. The Morgan fingerprint density at radius 2 is 2.00 bits per heavy atom. The molecular weight excluding hydrogens is 368 g/mol. The third kappa shape index (κ3) is 3.97. The van der Waals surface area contributed by atoms with E-state index in [0.717, 1.165) is 41.2 Å². The van der Waals surface area contributed by atoms with Gasteiger partial charge < -0.3 is 20.1 Å². The van der Waals surface area contributed by atoms with E-state index in [9.17, 15) is 9.59 Å². The first kappa shape index (κ1) is 20.5. The highest BCUT2D eigenvalue weighted by Gasteiger charge is 2.21. The average molecular weight is 394 g/mol. The van der Waals surface area contributed by atoms with Gasteiger partial charge in [-0.2, -0.15) is 0 Å². The van der Waals surface area contributed by atoms with E-state index in [1.54, 1.807) is 12.1 Å². The van der Waals surface area contributed by atoms with Crippen molar-refractivity contribution in [1.82, 2.24) is 4.57 Å². The fourth-order valence-electron chi connectivity index (χ4n) is 3.75. The number of aromatic nitrogens is 1. The third-order valence-corrected chi connectivity index (χ3v) is 5.02. The van der Waals surface area contributed by atoms with Gasteiger partial charge in [0, 0.05) is 17.5 Å². The molecule has 1 aromatic heterocycles. The van der Waals surface area contributed by atoms with Crippen LogP contribution < -0.4 is 10.5 Å². The number of carboxylic acids is 1. The molecule has 0 saturated heterocycles. The highest BCUT2D eigenvalue weighted by Crippen LogP contribution is 2.40. The Labute approximate surface area is 169 Å². The van der Waals surface area contributed by atoms with Crippen molar-refractivity contribution in [3.8, 4) is 5.75 Å². The highest BCUT2D eigenvalue weighted by molar-refractivity contribution is 6.20. The van der Waals surface area contributed by atoms with E-state index in [1.807, 2.05) is 37.3 Å². The van der Waals surface area contributed by atoms with Crippen molar-refractivity contribution >= 4 is 33.7 Å². The summed E-state index contributed by atoms with van der Waals surface area (Å²) in [5, 5.41) is 10.5. The number of fused-ring (bicyclic) bond motifs is 3. The van der Waals surface area contributed by atoms with Crippen LogP contribution in [0.3, 0.4) is 0 Å². The Morgan fingerprint density at radius 1 is 1.21 bits per heavy atom. The minimum absolute atomic E-state index is 0.402. The minimum Gasteiger partial charge on any atom is -0.481 e. The maximum absolute atomic E-state index is 12.2. The van der Waals surface area contributed by atoms with Crippen molar-refractivity contribution in [3.63, 3.8) is 0 Å². The molecule has 0 aliphatic rings. The number of benzene rings is 2. The molecule has 3 rings (SSSR count). The monoisotopic (exact) mass is 394 g/mol. The van der Waals surface area contributed by atoms with Gasteiger partial charge in [0.1, 0.15) is 5.75 Å². The van der Waals surface area contributed by atoms with Crippen LogP contribution in [-0.4, -0.2) is 28.2 Å². The zero-order chi connectivity index (χ0) is 21.0. The molecule has 6 nitrogen and oxygen atoms in total. The second-order valence-electron chi connectivity index (χ2n) is 6.98. The fourth-order valence-corrected chi connectivity index (χ4v) is 3.75. The molecule has 0 fully saturated rings. The Hall–Kier alpha value is -3.28. The summed E-state index contributed by atoms with van der Waals surface area (Å²) in [4.78, 5) is 23.3. The van der Waals surface area contributed by atoms with Crippen LogP contribution in [0.15, 0.2) is 42.5 Å². The molecule has 1 amide bonds. The van der Waals surface area contributed by atoms with Gasteiger partial charge >= 0.3 is 5.97 Å². The van der Waals surface area contributed by atoms with Gasteiger partial charge in [-0.1, -0.05) is 37.6 Å². The van der Waals surface area contributed by atoms with E-state index in [-0.39, 0.29) is 0 Å². The number of amides is 1. The third-order valence-electron chi connectivity index (χ3n) is 5.02. The fraction of sp³-hybridized carbons (Fsp3) is 0.304. The average Bonchev–Trinajstić information content (AvgIpc) is 3.04. The number of nitrogens with two attached hydrogens (primary N) is 1. The number of ether oxygens (including phenoxy) is 1. The van der Waals surface area contributed by atoms with Crippen LogP contribution in [0.5, 0.6) is 5.75 Å². The molecule has 3 N–H and O–H groups in total. The van der Waals surface area contributed by atoms with Crippen LogP contribution >= 0.6 is 0 Å². The molecule has 152 valence electrons. The van der Waals surface area contributed by atoms with Gasteiger partial charge in [-0.3, -0.25) is 4.79 Å². The van der Waals surface area contributed by atoms with Gasteiger partial charge in [-0.15, -0.1) is 0 Å². The number of primary amides is 1. The van der Waals surface area contributed by atoms with Crippen LogP contribution in [0.4, 0.5) is 0 Å². The number of aryl methyl sites for hydroxylation is 1. The maximum Gasteiger partial charge on any atom is 0.341 e. The predicted molar refractivity (Wildman–Crippen MR) is 115 cm³/mol. The van der Waals surface area contributed by atoms with Crippen LogP contribution in [0.2, 0.25) is 0 Å². The summed E-state index contributed by atoms with van der Waals surface area (Å²) < 4.78 is 7.77. The largest absolute Gasteiger partial charge is 0.481 e. The number of allylic oxidation sites excluding steroid dienone is 2. The van der Waals surface area contributed by atoms with E-state index in [1.165, 1.54) is 0 Å². The van der Waals surface area contributed by atoms with Crippen molar-refractivity contribution in [2.45, 2.75) is 39.7 Å². The molecule has 29 heavy (non-hydrogen) atoms. The Balaban J connectivity index is 2.43. The Morgan fingerprint density at radius 3 is 2.66 bits per heavy atom. The smallest absolute Gasteiger partial charge is 0.341 e. The molecule has 0 radical (unpaired) electrons. The Bertz CT molecular complexity index is 1100. The molecule has 0 spiro atoms. The lowest BCUT2D eigenvalue weighted by Gasteiger charge is -2.12. The van der Waals surface area contributed by atoms with E-state index < -0.39 is 18.5 Å². The standard InChI is InChI=1S/C23H26N2O4/c1-3-5-8-15-11-12-18(29-14-19(26)27)21-20-16(23(24)28)9-7-10-17(20)25(22(15)21)13-6-4-2/h4,6-7,9-12H,3,5,8,13-14H2,1-2H3,(H2,24,28)(H,26,27)/b6-4+. The number of carboxylic acid groups (broad SMARTS) is 1. The lowest BCUT2D eigenvalue weighted by molar-refractivity contribution is -0.139. The second-order valence-corrected chi connectivity index (χ2v) is 6.98. The molecular formula is C23H26N2O4. The van der Waals surface area contributed by atoms with Crippen molar-refractivity contribution < 1.29 is 19.4 Å². The quantitative estimate of drug-likeness (QED) is 0.530. The summed E-state index contributed by atoms with van der Waals surface area (Å²) in [5.74, 6) is -1.13. The van der Waals surface area contributed by atoms with Crippen molar-refractivity contribution in [3.05, 3.63) is 53.6 Å². The summed E-state index contributed by atoms with van der Waals surface area (Å²) in [7, 11) is 0. The summed E-state index contributed by atoms with van der Waals surface area (Å²) in [6.45, 7) is 4.27. The normalized spacial score (nSPS) is 11.5. The van der Waals surface area contributed by atoms with Crippen molar-refractivity contribution in [2.24, 2.45) is 5.73 Å². The maximum atomic E-state index is 12.2. The van der Waals surface area contributed by atoms with E-state index in [0.29, 0.717) is 23.2 Å². The first-order valence-corrected chi connectivity index (χ1v) is 9.81. The number of hydrogen-bond donors (Lipinski definition) is 2. The molecule has 2 aromatic carbocycles. The second kappa shape index (κ2) is 8.82. The molecule has 0 unspecified atom stereocenters. The molecule has 6 heteroatoms. The first-order chi connectivity index (χ1) is 14.0. The number of carbonyl (C=O) groups is 2. The van der Waals surface area contributed by atoms with Gasteiger partial charge in [-0.05, 0) is 43.5 Å².